The van der Waals surface area contributed by atoms with Crippen molar-refractivity contribution in [2.75, 3.05) is 41.5 Å². The number of ether oxygens (including phenoxy) is 7. The molecule has 1 aromatic rings. The van der Waals surface area contributed by atoms with E-state index in [2.05, 4.69) is 0 Å². The average Bonchev–Trinajstić information content (AvgIpc) is 3.10. The molecule has 0 amide bonds. The fourth-order valence-electron chi connectivity index (χ4n) is 9.10. The highest BCUT2D eigenvalue weighted by Crippen LogP contribution is 2.64. The number of aliphatic hydroxyl groups is 2. The first-order valence-corrected chi connectivity index (χ1v) is 18.0. The van der Waals surface area contributed by atoms with Gasteiger partial charge in [-0.15, -0.1) is 0 Å². The van der Waals surface area contributed by atoms with Crippen molar-refractivity contribution < 1.29 is 67.3 Å². The van der Waals surface area contributed by atoms with Crippen molar-refractivity contribution in [1.82, 2.24) is 4.90 Å². The first kappa shape index (κ1) is 41.4. The molecule has 0 radical (unpaired) electrons. The van der Waals surface area contributed by atoms with Crippen LogP contribution in [0.2, 0.25) is 0 Å². The number of nitrogens with zero attached hydrogens (tertiary/aromatic N) is 1. The third-order valence-corrected chi connectivity index (χ3v) is 12.4. The fraction of sp³-hybridized carbons (Fsp3) is 0.667. The number of methoxy groups -OCH3 is 2. The number of benzene rings is 1. The minimum absolute atomic E-state index is 0.0827. The van der Waals surface area contributed by atoms with Crippen molar-refractivity contribution in [2.45, 2.75) is 108 Å². The zero-order valence-electron chi connectivity index (χ0n) is 32.6. The number of rotatable bonds is 11. The molecule has 1 aliphatic heterocycles. The van der Waals surface area contributed by atoms with E-state index in [4.69, 9.17) is 33.2 Å². The maximum absolute atomic E-state index is 15.4. The molecule has 0 aromatic heterocycles. The number of carbonyl (C=O) groups excluding carboxylic acids is 5. The van der Waals surface area contributed by atoms with E-state index in [0.29, 0.717) is 5.57 Å². The van der Waals surface area contributed by atoms with Crippen LogP contribution in [0.15, 0.2) is 41.5 Å². The molecule has 15 heteroatoms. The lowest BCUT2D eigenvalue weighted by Gasteiger charge is -2.67. The quantitative estimate of drug-likeness (QED) is 0.188. The molecule has 10 unspecified atom stereocenters. The predicted molar refractivity (Wildman–Crippen MR) is 189 cm³/mol. The van der Waals surface area contributed by atoms with E-state index in [1.54, 1.807) is 64.9 Å². The third kappa shape index (κ3) is 6.56. The van der Waals surface area contributed by atoms with Crippen LogP contribution < -0.4 is 0 Å². The maximum atomic E-state index is 15.4. The van der Waals surface area contributed by atoms with Gasteiger partial charge in [-0.2, -0.15) is 0 Å². The minimum atomic E-state index is -2.27. The Labute approximate surface area is 315 Å². The number of hydrogen-bond donors (Lipinski definition) is 2. The summed E-state index contributed by atoms with van der Waals surface area (Å²) in [5.74, 6) is -5.62. The molecule has 4 aliphatic rings. The summed E-state index contributed by atoms with van der Waals surface area (Å²) in [5, 5.41) is 25.6. The Hall–Kier alpha value is -3.73. The Morgan fingerprint density at radius 1 is 1.04 bits per heavy atom. The lowest BCUT2D eigenvalue weighted by Crippen LogP contribution is -2.82. The topological polar surface area (TPSA) is 194 Å². The van der Waals surface area contributed by atoms with Gasteiger partial charge in [0.05, 0.1) is 29.6 Å². The van der Waals surface area contributed by atoms with E-state index >= 15 is 4.79 Å². The van der Waals surface area contributed by atoms with Gasteiger partial charge in [-0.3, -0.25) is 9.59 Å². The largest absolute Gasteiger partial charge is 0.456 e. The Balaban J connectivity index is 1.82. The summed E-state index contributed by atoms with van der Waals surface area (Å²) in [4.78, 5) is 71.4. The molecule has 3 aliphatic carbocycles. The Morgan fingerprint density at radius 3 is 2.22 bits per heavy atom. The van der Waals surface area contributed by atoms with Crippen LogP contribution in [0.3, 0.4) is 0 Å². The smallest absolute Gasteiger partial charge is 0.338 e. The van der Waals surface area contributed by atoms with Crippen molar-refractivity contribution in [1.29, 1.82) is 0 Å². The number of carbonyl (C=O) groups is 5. The van der Waals surface area contributed by atoms with Crippen LogP contribution in [-0.2, 0) is 52.3 Å². The number of fused-ring (bicyclic) bond motifs is 5. The fourth-order valence-corrected chi connectivity index (χ4v) is 9.10. The highest BCUT2D eigenvalue weighted by molar-refractivity contribution is 5.96. The zero-order chi connectivity index (χ0) is 40.1. The summed E-state index contributed by atoms with van der Waals surface area (Å²) in [6.07, 6.45) is -8.91. The van der Waals surface area contributed by atoms with E-state index in [9.17, 15) is 29.4 Å². The molecule has 298 valence electrons. The van der Waals surface area contributed by atoms with E-state index in [1.165, 1.54) is 40.2 Å². The molecule has 15 nitrogen and oxygen atoms in total. The monoisotopic (exact) mass is 759 g/mol. The van der Waals surface area contributed by atoms with Gasteiger partial charge in [0.2, 0.25) is 0 Å². The molecule has 1 aromatic carbocycles. The van der Waals surface area contributed by atoms with Crippen molar-refractivity contribution >= 4 is 29.7 Å². The van der Waals surface area contributed by atoms with Crippen LogP contribution in [0.1, 0.15) is 64.7 Å². The van der Waals surface area contributed by atoms with Crippen molar-refractivity contribution in [2.24, 2.45) is 16.7 Å². The highest BCUT2D eigenvalue weighted by atomic mass is 16.6. The lowest BCUT2D eigenvalue weighted by atomic mass is 9.44. The minimum Gasteiger partial charge on any atom is -0.456 e. The molecule has 3 fully saturated rings. The van der Waals surface area contributed by atoms with Gasteiger partial charge in [0, 0.05) is 45.4 Å². The second-order valence-electron chi connectivity index (χ2n) is 15.9. The SMILES string of the molecule is COCC(=O)OC1C(=O)[C@]2(C)C(O)CC3OCC3(OC(C)=O)C2C(OC(=O)c2ccccc2)C2(O)CC(OC(=O)C(OC)C(C)N(C)C)C(C)=C1C2(C)C. The first-order chi connectivity index (χ1) is 25.2. The summed E-state index contributed by atoms with van der Waals surface area (Å²) in [6.45, 7) is 8.41. The molecule has 2 saturated carbocycles. The van der Waals surface area contributed by atoms with Gasteiger partial charge in [-0.1, -0.05) is 32.0 Å². The van der Waals surface area contributed by atoms with Crippen LogP contribution in [0.25, 0.3) is 0 Å². The van der Waals surface area contributed by atoms with Gasteiger partial charge in [-0.25, -0.2) is 14.4 Å². The van der Waals surface area contributed by atoms with Crippen LogP contribution in [0.5, 0.6) is 0 Å². The second kappa shape index (κ2) is 15.1. The van der Waals surface area contributed by atoms with Crippen LogP contribution >= 0.6 is 0 Å². The van der Waals surface area contributed by atoms with E-state index < -0.39 is 113 Å². The first-order valence-electron chi connectivity index (χ1n) is 18.0. The molecular formula is C39H53NO14. The van der Waals surface area contributed by atoms with Crippen LogP contribution in [0, 0.1) is 16.7 Å². The predicted octanol–water partition coefficient (Wildman–Crippen LogP) is 1.80. The second-order valence-corrected chi connectivity index (χ2v) is 15.9. The van der Waals surface area contributed by atoms with Crippen molar-refractivity contribution in [3.63, 3.8) is 0 Å². The zero-order valence-corrected chi connectivity index (χ0v) is 32.6. The van der Waals surface area contributed by atoms with E-state index in [-0.39, 0.29) is 24.2 Å². The Kier molecular flexibility index (Phi) is 11.6. The van der Waals surface area contributed by atoms with Crippen LogP contribution in [0.4, 0.5) is 0 Å². The summed E-state index contributed by atoms with van der Waals surface area (Å²) in [7, 11) is 6.17. The molecule has 11 atom stereocenters. The van der Waals surface area contributed by atoms with Crippen LogP contribution in [-0.4, -0.2) is 140 Å². The molecule has 54 heavy (non-hydrogen) atoms. The summed E-state index contributed by atoms with van der Waals surface area (Å²) in [6, 6.07) is 7.54. The third-order valence-electron chi connectivity index (χ3n) is 12.4. The number of ketones is 1. The average molecular weight is 760 g/mol. The summed E-state index contributed by atoms with van der Waals surface area (Å²) >= 11 is 0. The van der Waals surface area contributed by atoms with E-state index in [0.717, 1.165) is 0 Å². The number of hydrogen-bond acceptors (Lipinski definition) is 15. The summed E-state index contributed by atoms with van der Waals surface area (Å²) < 4.78 is 41.0. The molecule has 1 saturated heterocycles. The molecule has 1 heterocycles. The van der Waals surface area contributed by atoms with Gasteiger partial charge < -0.3 is 48.3 Å². The molecule has 5 rings (SSSR count). The Morgan fingerprint density at radius 2 is 1.69 bits per heavy atom. The normalized spacial score (nSPS) is 35.2. The van der Waals surface area contributed by atoms with E-state index in [1.807, 2.05) is 0 Å². The molecule has 2 bridgehead atoms. The number of Topliss-reactive ketones (excluding diaryl/α,β-unsaturated/α-hetero) is 1. The van der Waals surface area contributed by atoms with Crippen molar-refractivity contribution in [3.05, 3.63) is 47.0 Å². The number of esters is 4. The number of likely N-dealkylation sites (N-methyl/N-ethyl adjacent to an activating group) is 1. The number of aliphatic hydroxyl groups excluding tert-OH is 1. The van der Waals surface area contributed by atoms with Gasteiger partial charge in [0.1, 0.15) is 30.5 Å². The molecule has 2 N–H and O–H groups in total. The molecule has 0 spiro atoms. The lowest BCUT2D eigenvalue weighted by molar-refractivity contribution is -0.346. The standard InChI is InChI=1S/C39H53NO14/c1-20-24(51-35(46)29(49-10)21(2)40(7)8)17-39(47)33(53-34(45)23-14-12-11-13-15-23)31-37(6,25(42)16-26-38(31,19-50-26)54-22(3)41)32(44)30(28(20)36(39,4)5)52-27(43)18-48-9/h11-15,21,24-26,29-31,33,42,47H,16-19H2,1-10H3/t21?,24?,25?,26?,29?,30?,31?,33?,37-,38?,39?/m1/s1. The van der Waals surface area contributed by atoms with Gasteiger partial charge in [0.25, 0.3) is 0 Å². The highest BCUT2D eigenvalue weighted by Gasteiger charge is 2.78. The maximum Gasteiger partial charge on any atom is 0.338 e. The molecular weight excluding hydrogens is 706 g/mol. The van der Waals surface area contributed by atoms with Crippen molar-refractivity contribution in [3.8, 4) is 0 Å². The van der Waals surface area contributed by atoms with Gasteiger partial charge in [-0.05, 0) is 58.1 Å². The van der Waals surface area contributed by atoms with Gasteiger partial charge >= 0.3 is 23.9 Å². The van der Waals surface area contributed by atoms with Gasteiger partial charge in [0.15, 0.2) is 23.6 Å². The Bertz CT molecular complexity index is 1680. The summed E-state index contributed by atoms with van der Waals surface area (Å²) in [5.41, 5.74) is -7.06.